The third-order valence-corrected chi connectivity index (χ3v) is 9.19. The number of nitrogens with two attached hydrogens (primary N) is 1. The van der Waals surface area contributed by atoms with E-state index in [0.717, 1.165) is 77.0 Å². The minimum Gasteiger partial charge on any atom is -0.480 e. The normalized spacial score (nSPS) is 14.4. The molecule has 0 aromatic carbocycles. The van der Waals surface area contributed by atoms with Crippen LogP contribution in [0.2, 0.25) is 0 Å². The van der Waals surface area contributed by atoms with Crippen LogP contribution in [0, 0.1) is 0 Å². The van der Waals surface area contributed by atoms with Crippen LogP contribution in [-0.2, 0) is 37.5 Å². The van der Waals surface area contributed by atoms with Crippen LogP contribution in [-0.4, -0.2) is 59.9 Å². The number of carboxylic acids is 1. The fourth-order valence-electron chi connectivity index (χ4n) is 4.98. The van der Waals surface area contributed by atoms with Crippen LogP contribution in [0.4, 0.5) is 0 Å². The number of rotatable bonds is 37. The van der Waals surface area contributed by atoms with Crippen molar-refractivity contribution >= 4 is 25.7 Å². The number of phosphoric ester groups is 1. The van der Waals surface area contributed by atoms with E-state index in [2.05, 4.69) is 79.1 Å². The second kappa shape index (κ2) is 37.1. The molecule has 11 nitrogen and oxygen atoms in total. The van der Waals surface area contributed by atoms with Gasteiger partial charge in [0.2, 0.25) is 0 Å². The summed E-state index contributed by atoms with van der Waals surface area (Å²) in [4.78, 5) is 45.8. The van der Waals surface area contributed by atoms with Crippen molar-refractivity contribution in [1.82, 2.24) is 0 Å². The van der Waals surface area contributed by atoms with Crippen LogP contribution in [0.5, 0.6) is 0 Å². The van der Waals surface area contributed by atoms with Crippen LogP contribution in [0.3, 0.4) is 0 Å². The lowest BCUT2D eigenvalue weighted by Gasteiger charge is -2.20. The number of carboxylic acid groups (broad SMARTS) is 1. The minimum atomic E-state index is -4.73. The monoisotopic (exact) mass is 781 g/mol. The molecular formula is C42H72NO10P. The Bertz CT molecular complexity index is 1150. The van der Waals surface area contributed by atoms with Gasteiger partial charge in [0.1, 0.15) is 12.6 Å². The van der Waals surface area contributed by atoms with E-state index in [0.29, 0.717) is 12.8 Å². The van der Waals surface area contributed by atoms with Crippen molar-refractivity contribution in [2.45, 2.75) is 167 Å². The van der Waals surface area contributed by atoms with E-state index in [9.17, 15) is 23.8 Å². The highest BCUT2D eigenvalue weighted by molar-refractivity contribution is 7.47. The maximum Gasteiger partial charge on any atom is 0.472 e. The number of allylic oxidation sites excluding steroid dienone is 10. The minimum absolute atomic E-state index is 0.134. The molecule has 0 heterocycles. The molecule has 0 radical (unpaired) electrons. The molecule has 0 amide bonds. The number of phosphoric acid groups is 1. The highest BCUT2D eigenvalue weighted by Crippen LogP contribution is 2.43. The Labute approximate surface area is 326 Å². The van der Waals surface area contributed by atoms with Crippen molar-refractivity contribution in [1.29, 1.82) is 0 Å². The summed E-state index contributed by atoms with van der Waals surface area (Å²) in [6.45, 7) is 2.67. The van der Waals surface area contributed by atoms with Gasteiger partial charge >= 0.3 is 25.7 Å². The molecule has 1 unspecified atom stereocenters. The lowest BCUT2D eigenvalue weighted by Crippen LogP contribution is -2.34. The smallest absolute Gasteiger partial charge is 0.472 e. The Hall–Kier alpha value is -2.82. The lowest BCUT2D eigenvalue weighted by atomic mass is 10.1. The number of esters is 2. The average Bonchev–Trinajstić information content (AvgIpc) is 3.14. The quantitative estimate of drug-likeness (QED) is 0.0237. The summed E-state index contributed by atoms with van der Waals surface area (Å²) in [5.41, 5.74) is 5.32. The van der Waals surface area contributed by atoms with Gasteiger partial charge in [-0.2, -0.15) is 0 Å². The molecule has 0 aliphatic rings. The number of unbranched alkanes of at least 4 members (excludes halogenated alkanes) is 13. The number of ether oxygens (including phenoxy) is 2. The number of aliphatic carboxylic acids is 1. The molecule has 0 aliphatic heterocycles. The standard InChI is InChI=1S/C42H72NO10P/c1-3-5-7-9-11-13-15-17-19-21-23-25-27-29-31-33-40(44)50-35-38(36-51-54(48,49)52-37-39(43)42(46)47)53-41(45)34-32-30-28-26-24-22-20-18-16-14-12-10-8-6-4-2/h11-14,17-20,23,25,38-39H,3-10,15-16,21-22,24,26-37,43H2,1-2H3,(H,46,47)(H,48,49)/b13-11+,14-12+,19-17+,20-18+,25-23+/t38-,39+/m1/s1. The first-order chi connectivity index (χ1) is 26.1. The van der Waals surface area contributed by atoms with Gasteiger partial charge in [-0.05, 0) is 83.5 Å². The van der Waals surface area contributed by atoms with E-state index in [1.165, 1.54) is 38.5 Å². The fraction of sp³-hybridized carbons (Fsp3) is 0.690. The molecule has 0 spiro atoms. The molecule has 3 atom stereocenters. The first-order valence-corrected chi connectivity index (χ1v) is 21.8. The molecule has 0 fully saturated rings. The van der Waals surface area contributed by atoms with Gasteiger partial charge in [0.05, 0.1) is 13.2 Å². The second-order valence-corrected chi connectivity index (χ2v) is 14.9. The third-order valence-electron chi connectivity index (χ3n) is 8.24. The summed E-state index contributed by atoms with van der Waals surface area (Å²) in [5.74, 6) is -2.45. The fourth-order valence-corrected chi connectivity index (χ4v) is 5.76. The van der Waals surface area contributed by atoms with Crippen LogP contribution < -0.4 is 5.73 Å². The molecular weight excluding hydrogens is 709 g/mol. The number of carbonyl (C=O) groups excluding carboxylic acids is 2. The van der Waals surface area contributed by atoms with Gasteiger partial charge in [-0.25, -0.2) is 4.57 Å². The van der Waals surface area contributed by atoms with Crippen molar-refractivity contribution in [3.8, 4) is 0 Å². The van der Waals surface area contributed by atoms with Crippen molar-refractivity contribution in [2.24, 2.45) is 5.73 Å². The molecule has 0 aromatic heterocycles. The summed E-state index contributed by atoms with van der Waals surface area (Å²) < 4.78 is 32.6. The zero-order valence-electron chi connectivity index (χ0n) is 33.3. The summed E-state index contributed by atoms with van der Waals surface area (Å²) in [6, 6.07) is -1.53. The topological polar surface area (TPSA) is 172 Å². The molecule has 12 heteroatoms. The van der Waals surface area contributed by atoms with Crippen molar-refractivity contribution < 1.29 is 47.5 Å². The molecule has 310 valence electrons. The Balaban J connectivity index is 4.51. The van der Waals surface area contributed by atoms with E-state index in [1.807, 2.05) is 0 Å². The van der Waals surface area contributed by atoms with Gasteiger partial charge in [-0.15, -0.1) is 0 Å². The molecule has 0 aliphatic carbocycles. The van der Waals surface area contributed by atoms with Gasteiger partial charge in [-0.3, -0.25) is 23.4 Å². The van der Waals surface area contributed by atoms with Crippen LogP contribution in [0.15, 0.2) is 60.8 Å². The summed E-state index contributed by atoms with van der Waals surface area (Å²) in [5, 5.41) is 8.87. The summed E-state index contributed by atoms with van der Waals surface area (Å²) >= 11 is 0. The number of hydrogen-bond acceptors (Lipinski definition) is 9. The molecule has 0 rings (SSSR count). The Morgan fingerprint density at radius 1 is 0.574 bits per heavy atom. The van der Waals surface area contributed by atoms with Gasteiger partial charge in [0, 0.05) is 12.8 Å². The molecule has 54 heavy (non-hydrogen) atoms. The maximum absolute atomic E-state index is 12.6. The molecule has 0 saturated heterocycles. The molecule has 0 aromatic rings. The Kier molecular flexibility index (Phi) is 35.2. The first-order valence-electron chi connectivity index (χ1n) is 20.3. The predicted octanol–water partition coefficient (Wildman–Crippen LogP) is 10.4. The van der Waals surface area contributed by atoms with Gasteiger partial charge in [0.15, 0.2) is 6.10 Å². The van der Waals surface area contributed by atoms with Crippen molar-refractivity contribution in [3.05, 3.63) is 60.8 Å². The first kappa shape index (κ1) is 51.2. The number of carbonyl (C=O) groups is 3. The van der Waals surface area contributed by atoms with Gasteiger partial charge in [0.25, 0.3) is 0 Å². The second-order valence-electron chi connectivity index (χ2n) is 13.4. The molecule has 0 bridgehead atoms. The van der Waals surface area contributed by atoms with Crippen LogP contribution in [0.1, 0.15) is 155 Å². The van der Waals surface area contributed by atoms with Crippen molar-refractivity contribution in [3.63, 3.8) is 0 Å². The summed E-state index contributed by atoms with van der Waals surface area (Å²) in [6.07, 6.45) is 41.4. The Morgan fingerprint density at radius 2 is 0.981 bits per heavy atom. The van der Waals surface area contributed by atoms with Crippen molar-refractivity contribution in [2.75, 3.05) is 19.8 Å². The largest absolute Gasteiger partial charge is 0.480 e. The Morgan fingerprint density at radius 3 is 1.50 bits per heavy atom. The lowest BCUT2D eigenvalue weighted by molar-refractivity contribution is -0.161. The zero-order valence-corrected chi connectivity index (χ0v) is 34.2. The number of hydrogen-bond donors (Lipinski definition) is 3. The highest BCUT2D eigenvalue weighted by atomic mass is 31.2. The summed E-state index contributed by atoms with van der Waals surface area (Å²) in [7, 11) is -4.73. The van der Waals surface area contributed by atoms with Gasteiger partial charge in [-0.1, -0.05) is 120 Å². The van der Waals surface area contributed by atoms with Crippen LogP contribution >= 0.6 is 7.82 Å². The molecule has 0 saturated carbocycles. The van der Waals surface area contributed by atoms with E-state index in [1.54, 1.807) is 0 Å². The maximum atomic E-state index is 12.6. The third kappa shape index (κ3) is 36.2. The van der Waals surface area contributed by atoms with E-state index < -0.39 is 51.1 Å². The highest BCUT2D eigenvalue weighted by Gasteiger charge is 2.28. The SMILES string of the molecule is CCCCC/C=C/C/C=C/C/C=C/CCCCC(=O)OC[C@H](COP(=O)(O)OC[C@H](N)C(=O)O)OC(=O)CCCCCCC/C=C/C/C=C/CCCCC. The average molecular weight is 782 g/mol. The van der Waals surface area contributed by atoms with E-state index >= 15 is 0 Å². The predicted molar refractivity (Wildman–Crippen MR) is 217 cm³/mol. The van der Waals surface area contributed by atoms with E-state index in [-0.39, 0.29) is 19.4 Å². The molecule has 4 N–H and O–H groups in total. The van der Waals surface area contributed by atoms with Gasteiger partial charge < -0.3 is 25.2 Å². The van der Waals surface area contributed by atoms with E-state index in [4.69, 9.17) is 24.8 Å². The zero-order chi connectivity index (χ0) is 40.0. The van der Waals surface area contributed by atoms with Crippen LogP contribution in [0.25, 0.3) is 0 Å².